The zero-order valence-corrected chi connectivity index (χ0v) is 17.6. The van der Waals surface area contributed by atoms with Gasteiger partial charge in [0, 0.05) is 24.2 Å². The van der Waals surface area contributed by atoms with Crippen molar-refractivity contribution in [2.45, 2.75) is 25.7 Å². The molecule has 1 aliphatic rings. The largest absolute Gasteiger partial charge is 0.379 e. The fourth-order valence-corrected chi connectivity index (χ4v) is 4.80. The number of morpholine rings is 1. The van der Waals surface area contributed by atoms with E-state index in [1.807, 2.05) is 20.8 Å². The van der Waals surface area contributed by atoms with Gasteiger partial charge in [-0.05, 0) is 50.1 Å². The molecule has 2 aromatic rings. The Balaban J connectivity index is 1.75. The quantitative estimate of drug-likeness (QED) is 0.600. The highest BCUT2D eigenvalue weighted by Crippen LogP contribution is 2.18. The molecule has 1 aliphatic heterocycles. The highest BCUT2D eigenvalue weighted by molar-refractivity contribution is 7.89. The summed E-state index contributed by atoms with van der Waals surface area (Å²) in [6.45, 7) is 7.35. The van der Waals surface area contributed by atoms with E-state index < -0.39 is 15.9 Å². The predicted octanol–water partition coefficient (Wildman–Crippen LogP) is 2.40. The van der Waals surface area contributed by atoms with E-state index in [1.165, 1.54) is 22.0 Å². The molecule has 0 unspecified atom stereocenters. The minimum atomic E-state index is -3.66. The zero-order chi connectivity index (χ0) is 21.0. The van der Waals surface area contributed by atoms with Crippen LogP contribution in [0.4, 0.5) is 0 Å². The lowest BCUT2D eigenvalue weighted by molar-refractivity contribution is 0.0730. The van der Waals surface area contributed by atoms with E-state index in [0.29, 0.717) is 26.3 Å². The number of amides is 1. The SMILES string of the molecule is Cc1cc(C)c(C=NNC(=O)c2cccc(S(=O)(=O)N3CCOCC3)c2)c(C)c1. The summed E-state index contributed by atoms with van der Waals surface area (Å²) >= 11 is 0. The van der Waals surface area contributed by atoms with Gasteiger partial charge >= 0.3 is 0 Å². The average Bonchev–Trinajstić information content (AvgIpc) is 2.70. The van der Waals surface area contributed by atoms with E-state index in [-0.39, 0.29) is 10.5 Å². The Hall–Kier alpha value is -2.55. The Morgan fingerprint density at radius 3 is 2.41 bits per heavy atom. The summed E-state index contributed by atoms with van der Waals surface area (Å²) < 4.78 is 32.1. The molecule has 29 heavy (non-hydrogen) atoms. The number of hydrogen-bond acceptors (Lipinski definition) is 5. The van der Waals surface area contributed by atoms with Crippen molar-refractivity contribution in [2.75, 3.05) is 26.3 Å². The monoisotopic (exact) mass is 415 g/mol. The maximum atomic E-state index is 12.8. The molecule has 1 heterocycles. The second-order valence-electron chi connectivity index (χ2n) is 7.06. The van der Waals surface area contributed by atoms with Crippen LogP contribution < -0.4 is 5.43 Å². The first-order chi connectivity index (χ1) is 13.8. The summed E-state index contributed by atoms with van der Waals surface area (Å²) in [6.07, 6.45) is 1.61. The summed E-state index contributed by atoms with van der Waals surface area (Å²) in [4.78, 5) is 12.5. The first-order valence-corrected chi connectivity index (χ1v) is 10.8. The van der Waals surface area contributed by atoms with Crippen LogP contribution in [0.3, 0.4) is 0 Å². The van der Waals surface area contributed by atoms with Crippen molar-refractivity contribution in [3.05, 3.63) is 64.2 Å². The van der Waals surface area contributed by atoms with Gasteiger partial charge in [0.15, 0.2) is 0 Å². The molecule has 0 aliphatic carbocycles. The molecule has 1 fully saturated rings. The molecule has 0 aromatic heterocycles. The van der Waals surface area contributed by atoms with Gasteiger partial charge in [-0.3, -0.25) is 4.79 Å². The molecule has 1 saturated heterocycles. The lowest BCUT2D eigenvalue weighted by atomic mass is 10.0. The van der Waals surface area contributed by atoms with Gasteiger partial charge in [0.05, 0.1) is 24.3 Å². The minimum absolute atomic E-state index is 0.0845. The smallest absolute Gasteiger partial charge is 0.271 e. The number of ether oxygens (including phenoxy) is 1. The Bertz CT molecular complexity index is 1020. The van der Waals surface area contributed by atoms with Gasteiger partial charge in [0.2, 0.25) is 10.0 Å². The molecule has 1 amide bonds. The van der Waals surface area contributed by atoms with Crippen molar-refractivity contribution < 1.29 is 17.9 Å². The van der Waals surface area contributed by atoms with Crippen molar-refractivity contribution >= 4 is 22.1 Å². The molecule has 2 aromatic carbocycles. The summed E-state index contributed by atoms with van der Waals surface area (Å²) in [6, 6.07) is 10.1. The molecule has 0 atom stereocenters. The molecule has 3 rings (SSSR count). The van der Waals surface area contributed by atoms with Crippen LogP contribution in [-0.2, 0) is 14.8 Å². The number of hydrazone groups is 1. The number of nitrogens with zero attached hydrogens (tertiary/aromatic N) is 2. The highest BCUT2D eigenvalue weighted by atomic mass is 32.2. The fourth-order valence-electron chi connectivity index (χ4n) is 3.35. The number of hydrogen-bond donors (Lipinski definition) is 1. The number of rotatable bonds is 5. The highest BCUT2D eigenvalue weighted by Gasteiger charge is 2.26. The number of nitrogens with one attached hydrogen (secondary N) is 1. The summed E-state index contributed by atoms with van der Waals surface area (Å²) in [7, 11) is -3.66. The summed E-state index contributed by atoms with van der Waals surface area (Å²) in [5, 5.41) is 4.05. The van der Waals surface area contributed by atoms with Crippen molar-refractivity contribution in [3.8, 4) is 0 Å². The molecule has 0 radical (unpaired) electrons. The van der Waals surface area contributed by atoms with E-state index in [9.17, 15) is 13.2 Å². The van der Waals surface area contributed by atoms with Gasteiger partial charge in [-0.15, -0.1) is 0 Å². The van der Waals surface area contributed by atoms with Crippen LogP contribution in [0.5, 0.6) is 0 Å². The Kier molecular flexibility index (Phi) is 6.46. The third kappa shape index (κ3) is 4.90. The van der Waals surface area contributed by atoms with Crippen LogP contribution in [0.25, 0.3) is 0 Å². The number of carbonyl (C=O) groups is 1. The molecular formula is C21H25N3O4S. The topological polar surface area (TPSA) is 88.1 Å². The Morgan fingerprint density at radius 1 is 1.10 bits per heavy atom. The minimum Gasteiger partial charge on any atom is -0.379 e. The third-order valence-electron chi connectivity index (χ3n) is 4.80. The first-order valence-electron chi connectivity index (χ1n) is 9.38. The van der Waals surface area contributed by atoms with Gasteiger partial charge in [-0.2, -0.15) is 9.41 Å². The third-order valence-corrected chi connectivity index (χ3v) is 6.70. The van der Waals surface area contributed by atoms with Crippen LogP contribution in [0, 0.1) is 20.8 Å². The molecule has 0 spiro atoms. The second-order valence-corrected chi connectivity index (χ2v) is 8.99. The Labute approximate surface area is 171 Å². The van der Waals surface area contributed by atoms with Crippen LogP contribution >= 0.6 is 0 Å². The van der Waals surface area contributed by atoms with Crippen molar-refractivity contribution in [2.24, 2.45) is 5.10 Å². The van der Waals surface area contributed by atoms with E-state index in [4.69, 9.17) is 4.74 Å². The second kappa shape index (κ2) is 8.86. The average molecular weight is 416 g/mol. The normalized spacial score (nSPS) is 15.6. The molecule has 8 heteroatoms. The van der Waals surface area contributed by atoms with Crippen LogP contribution in [0.2, 0.25) is 0 Å². The zero-order valence-electron chi connectivity index (χ0n) is 16.8. The molecule has 0 saturated carbocycles. The number of sulfonamides is 1. The summed E-state index contributed by atoms with van der Waals surface area (Å²) in [5.41, 5.74) is 6.95. The van der Waals surface area contributed by atoms with Gasteiger partial charge in [0.1, 0.15) is 0 Å². The molecule has 0 bridgehead atoms. The standard InChI is InChI=1S/C21H25N3O4S/c1-15-11-16(2)20(17(3)12-15)14-22-23-21(25)18-5-4-6-19(13-18)29(26,27)24-7-9-28-10-8-24/h4-6,11-14H,7-10H2,1-3H3,(H,23,25). The Morgan fingerprint density at radius 2 is 1.76 bits per heavy atom. The summed E-state index contributed by atoms with van der Waals surface area (Å²) in [5.74, 6) is -0.470. The first kappa shape index (κ1) is 21.2. The van der Waals surface area contributed by atoms with Gasteiger partial charge in [-0.25, -0.2) is 13.8 Å². The molecular weight excluding hydrogens is 390 g/mol. The van der Waals surface area contributed by atoms with Crippen molar-refractivity contribution in [1.29, 1.82) is 0 Å². The van der Waals surface area contributed by atoms with Crippen molar-refractivity contribution in [1.82, 2.24) is 9.73 Å². The predicted molar refractivity (Wildman–Crippen MR) is 112 cm³/mol. The maximum absolute atomic E-state index is 12.8. The molecule has 7 nitrogen and oxygen atoms in total. The fraction of sp³-hybridized carbons (Fsp3) is 0.333. The van der Waals surface area contributed by atoms with E-state index in [2.05, 4.69) is 22.7 Å². The number of aryl methyl sites for hydroxylation is 3. The molecule has 1 N–H and O–H groups in total. The lowest BCUT2D eigenvalue weighted by Gasteiger charge is -2.26. The van der Waals surface area contributed by atoms with E-state index in [0.717, 1.165) is 16.7 Å². The number of benzene rings is 2. The van der Waals surface area contributed by atoms with E-state index >= 15 is 0 Å². The lowest BCUT2D eigenvalue weighted by Crippen LogP contribution is -2.40. The van der Waals surface area contributed by atoms with Crippen LogP contribution in [0.15, 0.2) is 46.4 Å². The molecule has 154 valence electrons. The van der Waals surface area contributed by atoms with Crippen LogP contribution in [0.1, 0.15) is 32.6 Å². The van der Waals surface area contributed by atoms with Gasteiger partial charge in [0.25, 0.3) is 5.91 Å². The number of carbonyl (C=O) groups excluding carboxylic acids is 1. The van der Waals surface area contributed by atoms with Gasteiger partial charge in [-0.1, -0.05) is 23.8 Å². The van der Waals surface area contributed by atoms with Crippen molar-refractivity contribution in [3.63, 3.8) is 0 Å². The van der Waals surface area contributed by atoms with E-state index in [1.54, 1.807) is 18.3 Å². The van der Waals surface area contributed by atoms with Gasteiger partial charge < -0.3 is 4.74 Å². The van der Waals surface area contributed by atoms with Crippen LogP contribution in [-0.4, -0.2) is 51.1 Å². The maximum Gasteiger partial charge on any atom is 0.271 e.